The van der Waals surface area contributed by atoms with Gasteiger partial charge >= 0.3 is 0 Å². The standard InChI is InChI=1S/C5H12.C4H8.C4H10.2C2H6/c1-4-5(2)3;1-4-2-3-4;1-3-4-2;2*1-2/h5H,4H2,1-3H3;4H,2-3H2,1H3;3-4H2,1-2H3;2*1-2H3. The third-order valence-corrected chi connectivity index (χ3v) is 2.18. The molecule has 1 saturated carbocycles. The van der Waals surface area contributed by atoms with Crippen LogP contribution in [0.3, 0.4) is 0 Å². The summed E-state index contributed by atoms with van der Waals surface area (Å²) in [6.45, 7) is 21.3. The zero-order valence-electron chi connectivity index (χ0n) is 14.7. The van der Waals surface area contributed by atoms with Crippen LogP contribution in [0.4, 0.5) is 0 Å². The summed E-state index contributed by atoms with van der Waals surface area (Å²) in [6, 6.07) is 0. The van der Waals surface area contributed by atoms with Crippen LogP contribution in [0, 0.1) is 11.8 Å². The highest BCUT2D eigenvalue weighted by molar-refractivity contribution is 4.65. The van der Waals surface area contributed by atoms with E-state index in [1.807, 2.05) is 27.7 Å². The van der Waals surface area contributed by atoms with Gasteiger partial charge < -0.3 is 0 Å². The molecule has 0 N–H and O–H groups in total. The lowest BCUT2D eigenvalue weighted by Crippen LogP contribution is -1.77. The Labute approximate surface area is 114 Å². The first-order chi connectivity index (χ1) is 8.08. The molecule has 0 heterocycles. The summed E-state index contributed by atoms with van der Waals surface area (Å²) in [4.78, 5) is 0. The number of rotatable bonds is 2. The Hall–Kier alpha value is 0. The van der Waals surface area contributed by atoms with Gasteiger partial charge in [-0.25, -0.2) is 0 Å². The molecule has 110 valence electrons. The van der Waals surface area contributed by atoms with Gasteiger partial charge in [-0.05, 0) is 11.8 Å². The molecule has 17 heavy (non-hydrogen) atoms. The van der Waals surface area contributed by atoms with Crippen LogP contribution in [-0.2, 0) is 0 Å². The second-order valence-corrected chi connectivity index (χ2v) is 4.48. The van der Waals surface area contributed by atoms with Crippen LogP contribution in [0.2, 0.25) is 0 Å². The average molecular weight is 247 g/mol. The molecule has 0 aromatic rings. The molecule has 1 rings (SSSR count). The highest BCUT2D eigenvalue weighted by atomic mass is 14.2. The van der Waals surface area contributed by atoms with E-state index >= 15 is 0 Å². The molecule has 0 unspecified atom stereocenters. The van der Waals surface area contributed by atoms with Gasteiger partial charge in [0.2, 0.25) is 0 Å². The molecule has 1 aliphatic rings. The molecule has 0 atom stereocenters. The van der Waals surface area contributed by atoms with E-state index < -0.39 is 0 Å². The van der Waals surface area contributed by atoms with Crippen LogP contribution in [0.1, 0.15) is 101 Å². The Morgan fingerprint density at radius 2 is 1.00 bits per heavy atom. The Morgan fingerprint density at radius 1 is 0.824 bits per heavy atom. The first kappa shape index (κ1) is 25.8. The van der Waals surface area contributed by atoms with E-state index in [0.717, 1.165) is 11.8 Å². The van der Waals surface area contributed by atoms with Gasteiger partial charge in [-0.15, -0.1) is 0 Å². The predicted octanol–water partition coefficient (Wildman–Crippen LogP) is 7.33. The Morgan fingerprint density at radius 3 is 1.00 bits per heavy atom. The van der Waals surface area contributed by atoms with Crippen LogP contribution >= 0.6 is 0 Å². The van der Waals surface area contributed by atoms with E-state index in [2.05, 4.69) is 41.5 Å². The summed E-state index contributed by atoms with van der Waals surface area (Å²) < 4.78 is 0. The monoisotopic (exact) mass is 246 g/mol. The van der Waals surface area contributed by atoms with Crippen molar-refractivity contribution in [1.29, 1.82) is 0 Å². The Bertz CT molecular complexity index is 68.1. The van der Waals surface area contributed by atoms with Crippen molar-refractivity contribution < 1.29 is 0 Å². The summed E-state index contributed by atoms with van der Waals surface area (Å²) in [5, 5.41) is 0. The van der Waals surface area contributed by atoms with Crippen molar-refractivity contribution >= 4 is 0 Å². The molecule has 0 bridgehead atoms. The van der Waals surface area contributed by atoms with Crippen molar-refractivity contribution in [2.75, 3.05) is 0 Å². The van der Waals surface area contributed by atoms with Crippen molar-refractivity contribution in [3.8, 4) is 0 Å². The molecule has 0 nitrogen and oxygen atoms in total. The fraction of sp³-hybridized carbons (Fsp3) is 1.00. The van der Waals surface area contributed by atoms with Crippen LogP contribution in [0.15, 0.2) is 0 Å². The molecular weight excluding hydrogens is 204 g/mol. The molecular formula is C17H42. The van der Waals surface area contributed by atoms with E-state index in [9.17, 15) is 0 Å². The minimum atomic E-state index is 0.884. The van der Waals surface area contributed by atoms with E-state index in [1.165, 1.54) is 32.1 Å². The quantitative estimate of drug-likeness (QED) is 0.478. The summed E-state index contributed by atoms with van der Waals surface area (Å²) in [7, 11) is 0. The minimum absolute atomic E-state index is 0.884. The lowest BCUT2D eigenvalue weighted by molar-refractivity contribution is 0.626. The maximum Gasteiger partial charge on any atom is -0.0443 e. The van der Waals surface area contributed by atoms with Gasteiger partial charge in [0.15, 0.2) is 0 Å². The first-order valence-corrected chi connectivity index (χ1v) is 8.08. The van der Waals surface area contributed by atoms with E-state index in [0.29, 0.717) is 0 Å². The molecule has 0 heteroatoms. The van der Waals surface area contributed by atoms with Crippen molar-refractivity contribution in [3.63, 3.8) is 0 Å². The Balaban J connectivity index is -0.0000000653. The minimum Gasteiger partial charge on any atom is -0.0683 e. The average Bonchev–Trinajstić information content (AvgIpc) is 3.17. The highest BCUT2D eigenvalue weighted by Gasteiger charge is 2.12. The highest BCUT2D eigenvalue weighted by Crippen LogP contribution is 2.26. The summed E-state index contributed by atoms with van der Waals surface area (Å²) in [6.07, 6.45) is 6.92. The molecule has 0 aromatic carbocycles. The zero-order valence-corrected chi connectivity index (χ0v) is 14.7. The van der Waals surface area contributed by atoms with Gasteiger partial charge in [0.25, 0.3) is 0 Å². The molecule has 0 saturated heterocycles. The second-order valence-electron chi connectivity index (χ2n) is 4.48. The molecule has 1 aliphatic carbocycles. The van der Waals surface area contributed by atoms with E-state index in [-0.39, 0.29) is 0 Å². The van der Waals surface area contributed by atoms with Gasteiger partial charge in [0.05, 0.1) is 0 Å². The summed E-state index contributed by atoms with van der Waals surface area (Å²) in [5.41, 5.74) is 0. The van der Waals surface area contributed by atoms with Crippen LogP contribution in [-0.4, -0.2) is 0 Å². The Kier molecular flexibility index (Phi) is 45.1. The fourth-order valence-corrected chi connectivity index (χ4v) is 0.167. The molecule has 0 amide bonds. The van der Waals surface area contributed by atoms with Gasteiger partial charge in [-0.3, -0.25) is 0 Å². The van der Waals surface area contributed by atoms with Gasteiger partial charge in [0.1, 0.15) is 0 Å². The summed E-state index contributed by atoms with van der Waals surface area (Å²) >= 11 is 0. The van der Waals surface area contributed by atoms with E-state index in [4.69, 9.17) is 0 Å². The fourth-order valence-electron chi connectivity index (χ4n) is 0.167. The predicted molar refractivity (Wildman–Crippen MR) is 86.8 cm³/mol. The van der Waals surface area contributed by atoms with Gasteiger partial charge in [0, 0.05) is 0 Å². The van der Waals surface area contributed by atoms with Crippen molar-refractivity contribution in [1.82, 2.24) is 0 Å². The van der Waals surface area contributed by atoms with Crippen LogP contribution in [0.5, 0.6) is 0 Å². The van der Waals surface area contributed by atoms with Gasteiger partial charge in [-0.2, -0.15) is 0 Å². The van der Waals surface area contributed by atoms with Crippen LogP contribution in [0.25, 0.3) is 0 Å². The van der Waals surface area contributed by atoms with Gasteiger partial charge in [-0.1, -0.05) is 101 Å². The van der Waals surface area contributed by atoms with E-state index in [1.54, 1.807) is 0 Å². The largest absolute Gasteiger partial charge is 0.0683 e. The number of unbranched alkanes of at least 4 members (excludes halogenated alkanes) is 1. The first-order valence-electron chi connectivity index (χ1n) is 8.08. The lowest BCUT2D eigenvalue weighted by Gasteiger charge is -1.90. The maximum atomic E-state index is 2.28. The smallest absolute Gasteiger partial charge is 0.0443 e. The topological polar surface area (TPSA) is 0 Å². The summed E-state index contributed by atoms with van der Waals surface area (Å²) in [5.74, 6) is 1.97. The molecule has 0 aromatic heterocycles. The zero-order chi connectivity index (χ0) is 14.7. The third-order valence-electron chi connectivity index (χ3n) is 2.18. The van der Waals surface area contributed by atoms with Crippen LogP contribution < -0.4 is 0 Å². The third kappa shape index (κ3) is 87.1. The maximum absolute atomic E-state index is 2.28. The molecule has 1 fully saturated rings. The molecule has 0 radical (unpaired) electrons. The lowest BCUT2D eigenvalue weighted by atomic mass is 10.2. The number of hydrogen-bond donors (Lipinski definition) is 0. The second kappa shape index (κ2) is 29.8. The SMILES string of the molecule is CC.CC.CC1CC1.CCC(C)C.CCCC. The van der Waals surface area contributed by atoms with Crippen molar-refractivity contribution in [3.05, 3.63) is 0 Å². The molecule has 0 spiro atoms. The normalized spacial score (nSPS) is 11.5. The van der Waals surface area contributed by atoms with Crippen molar-refractivity contribution in [2.24, 2.45) is 11.8 Å². The van der Waals surface area contributed by atoms with Crippen molar-refractivity contribution in [2.45, 2.75) is 101 Å². The number of hydrogen-bond acceptors (Lipinski definition) is 0. The molecule has 0 aliphatic heterocycles.